The lowest BCUT2D eigenvalue weighted by atomic mass is 10.2. The maximum Gasteiger partial charge on any atom is 0.271 e. The first-order valence-electron chi connectivity index (χ1n) is 8.55. The minimum atomic E-state index is -0.457. The molecule has 8 nitrogen and oxygen atoms in total. The Bertz CT molecular complexity index is 1040. The quantitative estimate of drug-likeness (QED) is 0.394. The zero-order chi connectivity index (χ0) is 20.8. The SMILES string of the molecule is O=[N+]([O-])c1ccc(COc2ccc(Cl)cc2CNc2cccc([N+](=O)[O-])c2)cc1. The summed E-state index contributed by atoms with van der Waals surface area (Å²) >= 11 is 6.09. The summed E-state index contributed by atoms with van der Waals surface area (Å²) in [4.78, 5) is 20.7. The third-order valence-electron chi connectivity index (χ3n) is 4.10. The molecule has 148 valence electrons. The second-order valence-corrected chi connectivity index (χ2v) is 6.56. The average molecular weight is 414 g/mol. The number of nitro benzene ring substituents is 2. The molecule has 0 atom stereocenters. The van der Waals surface area contributed by atoms with Gasteiger partial charge in [0.2, 0.25) is 0 Å². The predicted molar refractivity (Wildman–Crippen MR) is 109 cm³/mol. The van der Waals surface area contributed by atoms with Crippen LogP contribution in [0.1, 0.15) is 11.1 Å². The summed E-state index contributed by atoms with van der Waals surface area (Å²) in [6, 6.07) is 17.5. The lowest BCUT2D eigenvalue weighted by Crippen LogP contribution is -2.04. The molecule has 0 heterocycles. The highest BCUT2D eigenvalue weighted by molar-refractivity contribution is 6.30. The van der Waals surface area contributed by atoms with Gasteiger partial charge in [-0.05, 0) is 42.0 Å². The zero-order valence-electron chi connectivity index (χ0n) is 15.1. The Balaban J connectivity index is 1.70. The molecule has 0 aromatic heterocycles. The molecule has 0 bridgehead atoms. The maximum atomic E-state index is 10.9. The standard InChI is InChI=1S/C20H16ClN3O5/c21-16-6-9-20(29-13-14-4-7-18(8-5-14)23(25)26)15(10-16)12-22-17-2-1-3-19(11-17)24(27)28/h1-11,22H,12-13H2. The largest absolute Gasteiger partial charge is 0.489 e. The molecule has 3 aromatic rings. The normalized spacial score (nSPS) is 10.4. The number of non-ortho nitro benzene ring substituents is 2. The maximum absolute atomic E-state index is 10.9. The molecule has 3 rings (SSSR count). The molecule has 3 aromatic carbocycles. The minimum Gasteiger partial charge on any atom is -0.489 e. The summed E-state index contributed by atoms with van der Waals surface area (Å²) in [7, 11) is 0. The number of nitrogens with zero attached hydrogens (tertiary/aromatic N) is 2. The number of rotatable bonds is 8. The lowest BCUT2D eigenvalue weighted by molar-refractivity contribution is -0.385. The Morgan fingerprint density at radius 3 is 2.31 bits per heavy atom. The molecule has 0 spiro atoms. The molecule has 0 aliphatic carbocycles. The van der Waals surface area contributed by atoms with E-state index < -0.39 is 9.85 Å². The van der Waals surface area contributed by atoms with Gasteiger partial charge >= 0.3 is 0 Å². The fourth-order valence-electron chi connectivity index (χ4n) is 2.63. The van der Waals surface area contributed by atoms with Crippen molar-refractivity contribution < 1.29 is 14.6 Å². The second-order valence-electron chi connectivity index (χ2n) is 6.13. The van der Waals surface area contributed by atoms with Crippen LogP contribution in [0.5, 0.6) is 5.75 Å². The van der Waals surface area contributed by atoms with Crippen molar-refractivity contribution in [3.05, 3.63) is 103 Å². The fraction of sp³-hybridized carbons (Fsp3) is 0.100. The van der Waals surface area contributed by atoms with Gasteiger partial charge in [0.25, 0.3) is 11.4 Å². The minimum absolute atomic E-state index is 0.00395. The first-order chi connectivity index (χ1) is 13.9. The molecular weight excluding hydrogens is 398 g/mol. The lowest BCUT2D eigenvalue weighted by Gasteiger charge is -2.13. The number of halogens is 1. The Labute approximate surface area is 171 Å². The van der Waals surface area contributed by atoms with E-state index in [0.29, 0.717) is 23.0 Å². The second kappa shape index (κ2) is 9.03. The monoisotopic (exact) mass is 413 g/mol. The van der Waals surface area contributed by atoms with Crippen LogP contribution in [0.4, 0.5) is 17.1 Å². The van der Waals surface area contributed by atoms with Crippen molar-refractivity contribution in [3.63, 3.8) is 0 Å². The first kappa shape index (κ1) is 20.1. The molecule has 0 amide bonds. The van der Waals surface area contributed by atoms with E-state index in [9.17, 15) is 20.2 Å². The number of nitrogens with one attached hydrogen (secondary N) is 1. The van der Waals surface area contributed by atoms with E-state index in [4.69, 9.17) is 16.3 Å². The molecule has 9 heteroatoms. The molecule has 1 N–H and O–H groups in total. The number of hydrogen-bond acceptors (Lipinski definition) is 6. The smallest absolute Gasteiger partial charge is 0.271 e. The van der Waals surface area contributed by atoms with Crippen molar-refractivity contribution in [3.8, 4) is 5.75 Å². The van der Waals surface area contributed by atoms with Gasteiger partial charge in [-0.2, -0.15) is 0 Å². The van der Waals surface area contributed by atoms with Crippen LogP contribution in [0, 0.1) is 20.2 Å². The van der Waals surface area contributed by atoms with Crippen LogP contribution in [0.15, 0.2) is 66.7 Å². The molecule has 29 heavy (non-hydrogen) atoms. The first-order valence-corrected chi connectivity index (χ1v) is 8.93. The van der Waals surface area contributed by atoms with E-state index in [0.717, 1.165) is 11.1 Å². The van der Waals surface area contributed by atoms with Crippen LogP contribution in [0.3, 0.4) is 0 Å². The van der Waals surface area contributed by atoms with Crippen molar-refractivity contribution >= 4 is 28.7 Å². The van der Waals surface area contributed by atoms with Crippen LogP contribution in [-0.4, -0.2) is 9.85 Å². The Morgan fingerprint density at radius 1 is 0.897 bits per heavy atom. The van der Waals surface area contributed by atoms with Gasteiger partial charge in [0.15, 0.2) is 0 Å². The van der Waals surface area contributed by atoms with Crippen LogP contribution < -0.4 is 10.1 Å². The van der Waals surface area contributed by atoms with Crippen LogP contribution in [-0.2, 0) is 13.2 Å². The number of anilines is 1. The Hall–Kier alpha value is -3.65. The zero-order valence-corrected chi connectivity index (χ0v) is 15.8. The number of benzene rings is 3. The van der Waals surface area contributed by atoms with Gasteiger partial charge in [-0.1, -0.05) is 17.7 Å². The molecule has 0 radical (unpaired) electrons. The number of nitro groups is 2. The average Bonchev–Trinajstić information content (AvgIpc) is 2.72. The van der Waals surface area contributed by atoms with Gasteiger partial charge < -0.3 is 10.1 Å². The van der Waals surface area contributed by atoms with Crippen LogP contribution >= 0.6 is 11.6 Å². The van der Waals surface area contributed by atoms with Crippen molar-refractivity contribution in [2.24, 2.45) is 0 Å². The summed E-state index contributed by atoms with van der Waals surface area (Å²) in [5.41, 5.74) is 2.16. The highest BCUT2D eigenvalue weighted by atomic mass is 35.5. The van der Waals surface area contributed by atoms with E-state index in [1.54, 1.807) is 42.5 Å². The molecule has 0 aliphatic rings. The number of hydrogen-bond donors (Lipinski definition) is 1. The highest BCUT2D eigenvalue weighted by Crippen LogP contribution is 2.26. The third kappa shape index (κ3) is 5.43. The Morgan fingerprint density at radius 2 is 1.62 bits per heavy atom. The van der Waals surface area contributed by atoms with Crippen LogP contribution in [0.25, 0.3) is 0 Å². The highest BCUT2D eigenvalue weighted by Gasteiger charge is 2.09. The number of ether oxygens (including phenoxy) is 1. The molecule has 0 fully saturated rings. The molecular formula is C20H16ClN3O5. The predicted octanol–water partition coefficient (Wildman–Crippen LogP) is 5.35. The molecule has 0 saturated heterocycles. The summed E-state index contributed by atoms with van der Waals surface area (Å²) in [6.45, 7) is 0.570. The van der Waals surface area contributed by atoms with Crippen LogP contribution in [0.2, 0.25) is 5.02 Å². The van der Waals surface area contributed by atoms with Gasteiger partial charge in [-0.3, -0.25) is 20.2 Å². The van der Waals surface area contributed by atoms with Crippen molar-refractivity contribution in [1.82, 2.24) is 0 Å². The van der Waals surface area contributed by atoms with E-state index in [2.05, 4.69) is 5.32 Å². The van der Waals surface area contributed by atoms with E-state index >= 15 is 0 Å². The van der Waals surface area contributed by atoms with E-state index in [-0.39, 0.29) is 18.0 Å². The van der Waals surface area contributed by atoms with Crippen molar-refractivity contribution in [2.75, 3.05) is 5.32 Å². The van der Waals surface area contributed by atoms with Gasteiger partial charge in [0, 0.05) is 47.1 Å². The third-order valence-corrected chi connectivity index (χ3v) is 4.34. The van der Waals surface area contributed by atoms with Gasteiger partial charge in [-0.25, -0.2) is 0 Å². The molecule has 0 aliphatic heterocycles. The molecule has 0 saturated carbocycles. The summed E-state index contributed by atoms with van der Waals surface area (Å²) in [6.07, 6.45) is 0. The topological polar surface area (TPSA) is 108 Å². The molecule has 0 unspecified atom stereocenters. The summed E-state index contributed by atoms with van der Waals surface area (Å²) < 4.78 is 5.85. The Kier molecular flexibility index (Phi) is 6.25. The van der Waals surface area contributed by atoms with E-state index in [1.165, 1.54) is 24.3 Å². The van der Waals surface area contributed by atoms with Crippen molar-refractivity contribution in [2.45, 2.75) is 13.2 Å². The van der Waals surface area contributed by atoms with Gasteiger partial charge in [-0.15, -0.1) is 0 Å². The van der Waals surface area contributed by atoms with E-state index in [1.807, 2.05) is 0 Å². The fourth-order valence-corrected chi connectivity index (χ4v) is 2.82. The van der Waals surface area contributed by atoms with Gasteiger partial charge in [0.1, 0.15) is 12.4 Å². The summed E-state index contributed by atoms with van der Waals surface area (Å²) in [5, 5.41) is 25.3. The van der Waals surface area contributed by atoms with Gasteiger partial charge in [0.05, 0.1) is 9.85 Å². The summed E-state index contributed by atoms with van der Waals surface area (Å²) in [5.74, 6) is 0.589. The van der Waals surface area contributed by atoms with Crippen molar-refractivity contribution in [1.29, 1.82) is 0 Å².